The molecule has 2 rings (SSSR count). The summed E-state index contributed by atoms with van der Waals surface area (Å²) < 4.78 is 1.92. The van der Waals surface area contributed by atoms with E-state index in [1.54, 1.807) is 0 Å². The Morgan fingerprint density at radius 2 is 2.24 bits per heavy atom. The van der Waals surface area contributed by atoms with Gasteiger partial charge in [-0.05, 0) is 17.0 Å². The molecule has 0 saturated carbocycles. The van der Waals surface area contributed by atoms with Gasteiger partial charge in [0.15, 0.2) is 5.69 Å². The smallest absolute Gasteiger partial charge is 0.187 e. The molecule has 3 nitrogen and oxygen atoms in total. The molecular weight excluding hydrogens is 210 g/mol. The Bertz CT molecular complexity index is 547. The van der Waals surface area contributed by atoms with E-state index in [4.69, 9.17) is 6.57 Å². The number of benzene rings is 1. The molecule has 0 spiro atoms. The Balaban J connectivity index is 2.17. The quantitative estimate of drug-likeness (QED) is 0.731. The molecule has 86 valence electrons. The molecule has 0 aliphatic rings. The molecule has 2 aromatic rings. The summed E-state index contributed by atoms with van der Waals surface area (Å²) >= 11 is 0. The standard InChI is InChI=1S/C14H15N3/c1-11(2)13-8-16-17(10-13)9-12-5-4-6-14(7-12)15-3/h4-8,10-11H,9H2,1-2H3. The number of hydrogen-bond acceptors (Lipinski definition) is 1. The van der Waals surface area contributed by atoms with Gasteiger partial charge in [0.1, 0.15) is 0 Å². The summed E-state index contributed by atoms with van der Waals surface area (Å²) in [6.45, 7) is 12.0. The summed E-state index contributed by atoms with van der Waals surface area (Å²) in [5.74, 6) is 0.498. The van der Waals surface area contributed by atoms with E-state index in [1.165, 1.54) is 5.56 Å². The minimum Gasteiger partial charge on any atom is -0.268 e. The summed E-state index contributed by atoms with van der Waals surface area (Å²) in [4.78, 5) is 3.43. The van der Waals surface area contributed by atoms with Crippen LogP contribution in [0.25, 0.3) is 4.85 Å². The maximum absolute atomic E-state index is 6.98. The van der Waals surface area contributed by atoms with Crippen LogP contribution in [0, 0.1) is 6.57 Å². The van der Waals surface area contributed by atoms with Crippen LogP contribution in [0.1, 0.15) is 30.9 Å². The molecule has 0 atom stereocenters. The molecule has 1 aromatic heterocycles. The Morgan fingerprint density at radius 1 is 1.41 bits per heavy atom. The fourth-order valence-electron chi connectivity index (χ4n) is 1.68. The van der Waals surface area contributed by atoms with Gasteiger partial charge in [0, 0.05) is 6.20 Å². The lowest BCUT2D eigenvalue weighted by Gasteiger charge is -2.02. The highest BCUT2D eigenvalue weighted by Crippen LogP contribution is 2.16. The second kappa shape index (κ2) is 4.84. The van der Waals surface area contributed by atoms with Gasteiger partial charge in [0.05, 0.1) is 19.3 Å². The Labute approximate surface area is 102 Å². The molecule has 17 heavy (non-hydrogen) atoms. The monoisotopic (exact) mass is 225 g/mol. The van der Waals surface area contributed by atoms with E-state index in [-0.39, 0.29) is 0 Å². The van der Waals surface area contributed by atoms with Gasteiger partial charge in [-0.2, -0.15) is 5.10 Å². The fraction of sp³-hybridized carbons (Fsp3) is 0.286. The maximum Gasteiger partial charge on any atom is 0.187 e. The maximum atomic E-state index is 6.98. The zero-order valence-electron chi connectivity index (χ0n) is 10.1. The predicted molar refractivity (Wildman–Crippen MR) is 68.1 cm³/mol. The number of rotatable bonds is 3. The van der Waals surface area contributed by atoms with Crippen molar-refractivity contribution < 1.29 is 0 Å². The summed E-state index contributed by atoms with van der Waals surface area (Å²) in [5, 5.41) is 4.33. The third-order valence-corrected chi connectivity index (χ3v) is 2.70. The third kappa shape index (κ3) is 2.73. The molecule has 0 aliphatic carbocycles. The van der Waals surface area contributed by atoms with Crippen LogP contribution in [0.4, 0.5) is 5.69 Å². The third-order valence-electron chi connectivity index (χ3n) is 2.70. The Kier molecular flexibility index (Phi) is 3.24. The van der Waals surface area contributed by atoms with Gasteiger partial charge in [-0.15, -0.1) is 0 Å². The van der Waals surface area contributed by atoms with Crippen LogP contribution >= 0.6 is 0 Å². The summed E-state index contributed by atoms with van der Waals surface area (Å²) in [7, 11) is 0. The molecule has 0 unspecified atom stereocenters. The lowest BCUT2D eigenvalue weighted by molar-refractivity contribution is 0.685. The van der Waals surface area contributed by atoms with Crippen molar-refractivity contribution in [1.29, 1.82) is 0 Å². The van der Waals surface area contributed by atoms with Crippen molar-refractivity contribution in [2.24, 2.45) is 0 Å². The SMILES string of the molecule is [C-]#[N+]c1cccc(Cn2cc(C(C)C)cn2)c1. The molecular formula is C14H15N3. The van der Waals surface area contributed by atoms with Crippen LogP contribution in [0.5, 0.6) is 0 Å². The minimum absolute atomic E-state index is 0.498. The van der Waals surface area contributed by atoms with E-state index in [0.717, 1.165) is 12.1 Å². The van der Waals surface area contributed by atoms with E-state index < -0.39 is 0 Å². The molecule has 0 saturated heterocycles. The first-order valence-electron chi connectivity index (χ1n) is 5.68. The average molecular weight is 225 g/mol. The largest absolute Gasteiger partial charge is 0.268 e. The molecule has 0 N–H and O–H groups in total. The Morgan fingerprint density at radius 3 is 2.88 bits per heavy atom. The predicted octanol–water partition coefficient (Wildman–Crippen LogP) is 3.61. The van der Waals surface area contributed by atoms with Gasteiger partial charge in [-0.3, -0.25) is 4.68 Å². The zero-order chi connectivity index (χ0) is 12.3. The second-order valence-corrected chi connectivity index (χ2v) is 4.41. The molecule has 0 fully saturated rings. The average Bonchev–Trinajstić information content (AvgIpc) is 2.78. The van der Waals surface area contributed by atoms with Crippen LogP contribution in [0.15, 0.2) is 36.7 Å². The first-order valence-corrected chi connectivity index (χ1v) is 5.68. The Hall–Kier alpha value is -2.08. The van der Waals surface area contributed by atoms with E-state index in [9.17, 15) is 0 Å². The van der Waals surface area contributed by atoms with E-state index in [1.807, 2.05) is 35.1 Å². The highest BCUT2D eigenvalue weighted by atomic mass is 15.3. The number of hydrogen-bond donors (Lipinski definition) is 0. The summed E-state index contributed by atoms with van der Waals surface area (Å²) in [6, 6.07) is 7.66. The van der Waals surface area contributed by atoms with E-state index in [2.05, 4.69) is 30.0 Å². The van der Waals surface area contributed by atoms with Gasteiger partial charge in [0.25, 0.3) is 0 Å². The zero-order valence-corrected chi connectivity index (χ0v) is 10.1. The van der Waals surface area contributed by atoms with Crippen molar-refractivity contribution in [3.63, 3.8) is 0 Å². The van der Waals surface area contributed by atoms with Crippen molar-refractivity contribution >= 4 is 5.69 Å². The van der Waals surface area contributed by atoms with Crippen molar-refractivity contribution in [2.45, 2.75) is 26.3 Å². The lowest BCUT2D eigenvalue weighted by atomic mass is 10.1. The normalized spacial score (nSPS) is 10.5. The van der Waals surface area contributed by atoms with Crippen LogP contribution in [0.2, 0.25) is 0 Å². The van der Waals surface area contributed by atoms with E-state index >= 15 is 0 Å². The van der Waals surface area contributed by atoms with Crippen molar-refractivity contribution in [3.8, 4) is 0 Å². The topological polar surface area (TPSA) is 22.2 Å². The van der Waals surface area contributed by atoms with Gasteiger partial charge in [-0.25, -0.2) is 4.85 Å². The van der Waals surface area contributed by atoms with Crippen LogP contribution in [0.3, 0.4) is 0 Å². The van der Waals surface area contributed by atoms with Gasteiger partial charge >= 0.3 is 0 Å². The number of aromatic nitrogens is 2. The highest BCUT2D eigenvalue weighted by molar-refractivity contribution is 5.46. The van der Waals surface area contributed by atoms with Crippen LogP contribution in [-0.4, -0.2) is 9.78 Å². The summed E-state index contributed by atoms with van der Waals surface area (Å²) in [5.41, 5.74) is 3.03. The minimum atomic E-state index is 0.498. The molecule has 0 radical (unpaired) electrons. The van der Waals surface area contributed by atoms with Crippen molar-refractivity contribution in [1.82, 2.24) is 9.78 Å². The summed E-state index contributed by atoms with van der Waals surface area (Å²) in [6.07, 6.45) is 3.97. The molecule has 0 bridgehead atoms. The first-order chi connectivity index (χ1) is 8.19. The van der Waals surface area contributed by atoms with Crippen molar-refractivity contribution in [3.05, 3.63) is 59.2 Å². The van der Waals surface area contributed by atoms with Gasteiger partial charge < -0.3 is 0 Å². The first kappa shape index (κ1) is 11.4. The van der Waals surface area contributed by atoms with E-state index in [0.29, 0.717) is 11.6 Å². The highest BCUT2D eigenvalue weighted by Gasteiger charge is 2.03. The lowest BCUT2D eigenvalue weighted by Crippen LogP contribution is -1.99. The van der Waals surface area contributed by atoms with Crippen molar-refractivity contribution in [2.75, 3.05) is 0 Å². The number of nitrogens with zero attached hydrogens (tertiary/aromatic N) is 3. The second-order valence-electron chi connectivity index (χ2n) is 4.41. The van der Waals surface area contributed by atoms with Gasteiger partial charge in [-0.1, -0.05) is 38.1 Å². The molecule has 0 amide bonds. The van der Waals surface area contributed by atoms with Crippen LogP contribution < -0.4 is 0 Å². The molecule has 3 heteroatoms. The van der Waals surface area contributed by atoms with Crippen LogP contribution in [-0.2, 0) is 6.54 Å². The molecule has 1 heterocycles. The molecule has 0 aliphatic heterocycles. The van der Waals surface area contributed by atoms with Gasteiger partial charge in [0.2, 0.25) is 0 Å². The fourth-order valence-corrected chi connectivity index (χ4v) is 1.68. The molecule has 1 aromatic carbocycles.